The third-order valence-corrected chi connectivity index (χ3v) is 1.48. The van der Waals surface area contributed by atoms with Crippen molar-refractivity contribution in [3.05, 3.63) is 0 Å². The van der Waals surface area contributed by atoms with Crippen LogP contribution in [0.5, 0.6) is 0 Å². The van der Waals surface area contributed by atoms with Crippen molar-refractivity contribution in [1.29, 1.82) is 0 Å². The highest BCUT2D eigenvalue weighted by molar-refractivity contribution is 5.55. The van der Waals surface area contributed by atoms with Crippen molar-refractivity contribution in [1.82, 2.24) is 0 Å². The summed E-state index contributed by atoms with van der Waals surface area (Å²) in [7, 11) is 0. The Balaban J connectivity index is 3.01. The molecule has 0 aliphatic carbocycles. The van der Waals surface area contributed by atoms with Gasteiger partial charge in [0.05, 0.1) is 0 Å². The van der Waals surface area contributed by atoms with E-state index in [1.165, 1.54) is 0 Å². The number of aldehydes is 2. The molecular weight excluding hydrogens is 144 g/mol. The third kappa shape index (κ3) is 7.19. The van der Waals surface area contributed by atoms with Crippen molar-refractivity contribution in [3.63, 3.8) is 0 Å². The fraction of sp³-hybridized carbons (Fsp3) is 0.750. The number of hydrogen-bond acceptors (Lipinski definition) is 3. The van der Waals surface area contributed by atoms with Crippen LogP contribution in [0.25, 0.3) is 0 Å². The van der Waals surface area contributed by atoms with Crippen LogP contribution >= 0.6 is 0 Å². The molecule has 0 saturated carbocycles. The Morgan fingerprint density at radius 3 is 2.45 bits per heavy atom. The van der Waals surface area contributed by atoms with Crippen LogP contribution in [0.15, 0.2) is 0 Å². The van der Waals surface area contributed by atoms with E-state index in [0.717, 1.165) is 25.5 Å². The normalized spacial score (nSPS) is 12.5. The second kappa shape index (κ2) is 7.41. The van der Waals surface area contributed by atoms with Crippen LogP contribution in [0.1, 0.15) is 32.1 Å². The number of aliphatic hydroxyl groups is 1. The zero-order chi connectivity index (χ0) is 8.53. The van der Waals surface area contributed by atoms with Crippen LogP contribution in [0.3, 0.4) is 0 Å². The molecule has 0 radical (unpaired) electrons. The molecule has 0 fully saturated rings. The lowest BCUT2D eigenvalue weighted by Crippen LogP contribution is -2.06. The van der Waals surface area contributed by atoms with Crippen molar-refractivity contribution in [2.45, 2.75) is 38.2 Å². The summed E-state index contributed by atoms with van der Waals surface area (Å²) >= 11 is 0. The molecular formula is C8H14O3. The van der Waals surface area contributed by atoms with Gasteiger partial charge in [-0.3, -0.25) is 0 Å². The highest BCUT2D eigenvalue weighted by Crippen LogP contribution is 2.03. The average Bonchev–Trinajstić information content (AvgIpc) is 2.04. The second-order valence-electron chi connectivity index (χ2n) is 2.51. The van der Waals surface area contributed by atoms with Gasteiger partial charge in [0.1, 0.15) is 18.7 Å². The summed E-state index contributed by atoms with van der Waals surface area (Å²) in [6.07, 6.45) is 4.29. The van der Waals surface area contributed by atoms with Gasteiger partial charge in [-0.1, -0.05) is 12.8 Å². The molecule has 0 amide bonds. The highest BCUT2D eigenvalue weighted by Gasteiger charge is 1.99. The lowest BCUT2D eigenvalue weighted by atomic mass is 10.1. The molecule has 1 atom stereocenters. The molecule has 64 valence electrons. The van der Waals surface area contributed by atoms with Gasteiger partial charge in [0.2, 0.25) is 0 Å². The Morgan fingerprint density at radius 1 is 1.18 bits per heavy atom. The first-order valence-electron chi connectivity index (χ1n) is 3.88. The van der Waals surface area contributed by atoms with Gasteiger partial charge in [-0.15, -0.1) is 0 Å². The SMILES string of the molecule is O=CCCCCCC(O)C=O. The zero-order valence-electron chi connectivity index (χ0n) is 6.53. The molecule has 0 rings (SSSR count). The van der Waals surface area contributed by atoms with Crippen LogP contribution in [0, 0.1) is 0 Å². The maximum Gasteiger partial charge on any atom is 0.148 e. The van der Waals surface area contributed by atoms with Crippen LogP contribution in [-0.4, -0.2) is 23.8 Å². The molecule has 3 nitrogen and oxygen atoms in total. The fourth-order valence-corrected chi connectivity index (χ4v) is 0.826. The van der Waals surface area contributed by atoms with E-state index >= 15 is 0 Å². The van der Waals surface area contributed by atoms with E-state index in [4.69, 9.17) is 5.11 Å². The fourth-order valence-electron chi connectivity index (χ4n) is 0.826. The second-order valence-corrected chi connectivity index (χ2v) is 2.51. The molecule has 0 saturated heterocycles. The molecule has 0 aliphatic heterocycles. The average molecular weight is 158 g/mol. The van der Waals surface area contributed by atoms with Gasteiger partial charge in [0.25, 0.3) is 0 Å². The van der Waals surface area contributed by atoms with Crippen LogP contribution < -0.4 is 0 Å². The van der Waals surface area contributed by atoms with Gasteiger partial charge in [0.15, 0.2) is 0 Å². The van der Waals surface area contributed by atoms with E-state index in [2.05, 4.69) is 0 Å². The van der Waals surface area contributed by atoms with E-state index in [0.29, 0.717) is 19.1 Å². The number of unbranched alkanes of at least 4 members (excludes halogenated alkanes) is 3. The summed E-state index contributed by atoms with van der Waals surface area (Å²) in [5.74, 6) is 0. The lowest BCUT2D eigenvalue weighted by Gasteiger charge is -2.00. The minimum Gasteiger partial charge on any atom is -0.386 e. The summed E-state index contributed by atoms with van der Waals surface area (Å²) in [5.41, 5.74) is 0. The maximum atomic E-state index is 9.92. The molecule has 0 spiro atoms. The molecule has 0 aromatic heterocycles. The summed E-state index contributed by atoms with van der Waals surface area (Å²) in [6.45, 7) is 0. The zero-order valence-corrected chi connectivity index (χ0v) is 6.53. The Kier molecular flexibility index (Phi) is 6.94. The van der Waals surface area contributed by atoms with Crippen LogP contribution in [-0.2, 0) is 9.59 Å². The molecule has 3 heteroatoms. The van der Waals surface area contributed by atoms with Crippen molar-refractivity contribution in [3.8, 4) is 0 Å². The van der Waals surface area contributed by atoms with Gasteiger partial charge in [-0.25, -0.2) is 0 Å². The number of carbonyl (C=O) groups is 2. The Morgan fingerprint density at radius 2 is 1.91 bits per heavy atom. The Hall–Kier alpha value is -0.700. The highest BCUT2D eigenvalue weighted by atomic mass is 16.3. The Labute approximate surface area is 66.4 Å². The number of hydrogen-bond donors (Lipinski definition) is 1. The predicted octanol–water partition coefficient (Wildman–Crippen LogP) is 0.696. The van der Waals surface area contributed by atoms with Gasteiger partial charge in [-0.05, 0) is 12.8 Å². The van der Waals surface area contributed by atoms with E-state index < -0.39 is 6.10 Å². The maximum absolute atomic E-state index is 9.92. The van der Waals surface area contributed by atoms with Crippen molar-refractivity contribution in [2.24, 2.45) is 0 Å². The molecule has 1 unspecified atom stereocenters. The van der Waals surface area contributed by atoms with Gasteiger partial charge >= 0.3 is 0 Å². The standard InChI is InChI=1S/C8H14O3/c9-6-4-2-1-3-5-8(11)7-10/h6-8,11H,1-5H2. The number of rotatable bonds is 7. The van der Waals surface area contributed by atoms with E-state index in [1.54, 1.807) is 0 Å². The minimum atomic E-state index is -0.814. The first-order valence-corrected chi connectivity index (χ1v) is 3.88. The van der Waals surface area contributed by atoms with Crippen LogP contribution in [0.2, 0.25) is 0 Å². The molecule has 0 aliphatic rings. The molecule has 0 bridgehead atoms. The van der Waals surface area contributed by atoms with E-state index in [1.807, 2.05) is 0 Å². The molecule has 1 N–H and O–H groups in total. The van der Waals surface area contributed by atoms with E-state index in [-0.39, 0.29) is 0 Å². The Bertz CT molecular complexity index is 112. The number of carbonyl (C=O) groups excluding carboxylic acids is 2. The van der Waals surface area contributed by atoms with Crippen LogP contribution in [0.4, 0.5) is 0 Å². The van der Waals surface area contributed by atoms with Crippen molar-refractivity contribution in [2.75, 3.05) is 0 Å². The van der Waals surface area contributed by atoms with Crippen molar-refractivity contribution >= 4 is 12.6 Å². The smallest absolute Gasteiger partial charge is 0.148 e. The monoisotopic (exact) mass is 158 g/mol. The first-order chi connectivity index (χ1) is 5.31. The summed E-state index contributed by atoms with van der Waals surface area (Å²) < 4.78 is 0. The molecule has 0 heterocycles. The summed E-state index contributed by atoms with van der Waals surface area (Å²) in [6, 6.07) is 0. The lowest BCUT2D eigenvalue weighted by molar-refractivity contribution is -0.115. The largest absolute Gasteiger partial charge is 0.386 e. The summed E-state index contributed by atoms with van der Waals surface area (Å²) in [4.78, 5) is 19.8. The topological polar surface area (TPSA) is 54.4 Å². The van der Waals surface area contributed by atoms with Gasteiger partial charge in [-0.2, -0.15) is 0 Å². The third-order valence-electron chi connectivity index (χ3n) is 1.48. The first kappa shape index (κ1) is 10.3. The number of aliphatic hydroxyl groups excluding tert-OH is 1. The van der Waals surface area contributed by atoms with E-state index in [9.17, 15) is 9.59 Å². The van der Waals surface area contributed by atoms with Crippen molar-refractivity contribution < 1.29 is 14.7 Å². The summed E-state index contributed by atoms with van der Waals surface area (Å²) in [5, 5.41) is 8.78. The van der Waals surface area contributed by atoms with Gasteiger partial charge in [0, 0.05) is 6.42 Å². The minimum absolute atomic E-state index is 0.516. The predicted molar refractivity (Wildman–Crippen MR) is 41.2 cm³/mol. The molecule has 11 heavy (non-hydrogen) atoms. The van der Waals surface area contributed by atoms with Gasteiger partial charge < -0.3 is 14.7 Å². The quantitative estimate of drug-likeness (QED) is 0.438. The molecule has 0 aromatic rings. The molecule has 0 aromatic carbocycles.